The van der Waals surface area contributed by atoms with Gasteiger partial charge in [0.05, 0.1) is 24.5 Å². The monoisotopic (exact) mass is 308 g/mol. The van der Waals surface area contributed by atoms with Crippen LogP contribution in [-0.4, -0.2) is 43.4 Å². The van der Waals surface area contributed by atoms with Gasteiger partial charge in [0.25, 0.3) is 0 Å². The minimum Gasteiger partial charge on any atom is -0.392 e. The highest BCUT2D eigenvalue weighted by molar-refractivity contribution is 6.01. The summed E-state index contributed by atoms with van der Waals surface area (Å²) >= 11 is 0. The van der Waals surface area contributed by atoms with Crippen molar-refractivity contribution in [2.24, 2.45) is 10.3 Å². The Morgan fingerprint density at radius 2 is 2.27 bits per heavy atom. The number of aliphatic hydroxyl groups is 1. The molecule has 3 atom stereocenters. The van der Waals surface area contributed by atoms with Crippen molar-refractivity contribution in [2.75, 3.05) is 20.4 Å². The van der Waals surface area contributed by atoms with E-state index < -0.39 is 18.8 Å². The first-order valence-electron chi connectivity index (χ1n) is 6.80. The summed E-state index contributed by atoms with van der Waals surface area (Å²) in [5, 5.41) is 16.4. The first-order chi connectivity index (χ1) is 10.7. The van der Waals surface area contributed by atoms with Gasteiger partial charge in [0.1, 0.15) is 6.67 Å². The van der Waals surface area contributed by atoms with Crippen LogP contribution in [0.1, 0.15) is 23.7 Å². The van der Waals surface area contributed by atoms with Crippen LogP contribution >= 0.6 is 0 Å². The number of aliphatic hydroxyl groups excluding tert-OH is 1. The predicted molar refractivity (Wildman–Crippen MR) is 78.2 cm³/mol. The van der Waals surface area contributed by atoms with E-state index >= 15 is 0 Å². The highest BCUT2D eigenvalue weighted by Gasteiger charge is 2.24. The molecular formula is C14H17FN4O3. The molecule has 2 rings (SSSR count). The summed E-state index contributed by atoms with van der Waals surface area (Å²) in [6.45, 7) is -0.885. The number of rotatable bonds is 7. The summed E-state index contributed by atoms with van der Waals surface area (Å²) < 4.78 is 18.2. The fraction of sp³-hybridized carbons (Fsp3) is 0.500. The fourth-order valence-electron chi connectivity index (χ4n) is 2.32. The van der Waals surface area contributed by atoms with Crippen molar-refractivity contribution < 1.29 is 19.1 Å². The molecule has 1 heterocycles. The minimum absolute atomic E-state index is 0.0822. The average molecular weight is 308 g/mol. The van der Waals surface area contributed by atoms with Crippen molar-refractivity contribution in [3.63, 3.8) is 0 Å². The van der Waals surface area contributed by atoms with Gasteiger partial charge in [-0.05, 0) is 16.7 Å². The van der Waals surface area contributed by atoms with E-state index in [-0.39, 0.29) is 12.7 Å². The second-order valence-electron chi connectivity index (χ2n) is 4.86. The summed E-state index contributed by atoms with van der Waals surface area (Å²) in [6.07, 6.45) is -0.417. The van der Waals surface area contributed by atoms with Crippen LogP contribution in [-0.2, 0) is 9.57 Å². The third kappa shape index (κ3) is 3.54. The van der Waals surface area contributed by atoms with Crippen LogP contribution in [0.5, 0.6) is 0 Å². The molecule has 0 bridgehead atoms. The number of azide groups is 1. The Morgan fingerprint density at radius 1 is 1.55 bits per heavy atom. The molecule has 7 nitrogen and oxygen atoms in total. The van der Waals surface area contributed by atoms with Gasteiger partial charge in [-0.25, -0.2) is 0 Å². The number of methoxy groups -OCH3 is 1. The highest BCUT2D eigenvalue weighted by atomic mass is 19.1. The predicted octanol–water partition coefficient (Wildman–Crippen LogP) is 2.51. The number of halogens is 1. The molecule has 0 fully saturated rings. The van der Waals surface area contributed by atoms with Crippen LogP contribution < -0.4 is 0 Å². The lowest BCUT2D eigenvalue weighted by molar-refractivity contribution is 0.0390. The smallest absolute Gasteiger partial charge is 0.156 e. The van der Waals surface area contributed by atoms with Crippen molar-refractivity contribution in [2.45, 2.75) is 24.7 Å². The largest absolute Gasteiger partial charge is 0.392 e. The zero-order valence-electron chi connectivity index (χ0n) is 12.1. The van der Waals surface area contributed by atoms with Gasteiger partial charge in [-0.3, -0.25) is 4.39 Å². The normalized spacial score (nSPS) is 19.8. The first kappa shape index (κ1) is 16.2. The van der Waals surface area contributed by atoms with Gasteiger partial charge in [-0.2, -0.15) is 0 Å². The van der Waals surface area contributed by atoms with Crippen LogP contribution in [0.2, 0.25) is 0 Å². The lowest BCUT2D eigenvalue weighted by atomic mass is 9.99. The summed E-state index contributed by atoms with van der Waals surface area (Å²) in [6, 6.07) is 6.26. The Kier molecular flexibility index (Phi) is 5.71. The number of alkyl halides is 1. The molecule has 0 aromatic heterocycles. The molecule has 1 N–H and O–H groups in total. The summed E-state index contributed by atoms with van der Waals surface area (Å²) in [4.78, 5) is 7.71. The van der Waals surface area contributed by atoms with Gasteiger partial charge in [-0.1, -0.05) is 34.5 Å². The molecule has 0 aliphatic carbocycles. The van der Waals surface area contributed by atoms with Gasteiger partial charge in [0.2, 0.25) is 0 Å². The Hall–Kier alpha value is -2.15. The van der Waals surface area contributed by atoms with E-state index in [1.807, 2.05) is 12.1 Å². The molecule has 0 saturated heterocycles. The van der Waals surface area contributed by atoms with E-state index in [4.69, 9.17) is 20.2 Å². The van der Waals surface area contributed by atoms with E-state index in [9.17, 15) is 4.39 Å². The third-order valence-corrected chi connectivity index (χ3v) is 3.47. The third-order valence-electron chi connectivity index (χ3n) is 3.47. The fourth-order valence-corrected chi connectivity index (χ4v) is 2.32. The van der Waals surface area contributed by atoms with Gasteiger partial charge in [-0.15, -0.1) is 0 Å². The zero-order chi connectivity index (χ0) is 15.9. The van der Waals surface area contributed by atoms with E-state index in [1.165, 1.54) is 7.11 Å². The van der Waals surface area contributed by atoms with Gasteiger partial charge < -0.3 is 14.7 Å². The van der Waals surface area contributed by atoms with Gasteiger partial charge in [0, 0.05) is 18.4 Å². The van der Waals surface area contributed by atoms with E-state index in [2.05, 4.69) is 15.2 Å². The maximum atomic E-state index is 13.0. The Morgan fingerprint density at radius 3 is 2.77 bits per heavy atom. The molecule has 1 aliphatic rings. The van der Waals surface area contributed by atoms with Gasteiger partial charge >= 0.3 is 0 Å². The molecule has 118 valence electrons. The molecule has 1 aromatic rings. The minimum atomic E-state index is -0.910. The van der Waals surface area contributed by atoms with Crippen LogP contribution in [0.3, 0.4) is 0 Å². The Balaban J connectivity index is 2.15. The molecule has 0 saturated carbocycles. The molecule has 22 heavy (non-hydrogen) atoms. The first-order valence-corrected chi connectivity index (χ1v) is 6.80. The van der Waals surface area contributed by atoms with Crippen molar-refractivity contribution in [1.29, 1.82) is 0 Å². The zero-order valence-corrected chi connectivity index (χ0v) is 12.1. The molecule has 0 amide bonds. The Bertz CT molecular complexity index is 572. The van der Waals surface area contributed by atoms with E-state index in [1.54, 1.807) is 12.1 Å². The number of nitrogens with zero attached hydrogens (tertiary/aromatic N) is 4. The quantitative estimate of drug-likeness (QED) is 0.476. The number of hydrogen-bond donors (Lipinski definition) is 1. The number of hydrogen-bond acceptors (Lipinski definition) is 5. The van der Waals surface area contributed by atoms with Crippen molar-refractivity contribution in [3.8, 4) is 0 Å². The topological polar surface area (TPSA) is 99.8 Å². The van der Waals surface area contributed by atoms with Crippen LogP contribution in [0.25, 0.3) is 10.4 Å². The van der Waals surface area contributed by atoms with Crippen molar-refractivity contribution >= 4 is 5.71 Å². The number of ether oxygens (including phenoxy) is 1. The molecule has 8 heteroatoms. The standard InChI is InChI=1S/C14H17FN4O3/c1-21-14(13(7-15)17-19-16)10-4-2-9(3-5-10)12-6-11(8-20)22-18-12/h2-5,11,13-14,20H,6-8H2,1H3/t11-,13+,14+/m0/s1. The molecule has 0 radical (unpaired) electrons. The summed E-state index contributed by atoms with van der Waals surface area (Å²) in [5.74, 6) is 0. The summed E-state index contributed by atoms with van der Waals surface area (Å²) in [7, 11) is 1.44. The highest BCUT2D eigenvalue weighted by Crippen LogP contribution is 2.25. The molecule has 1 aliphatic heterocycles. The SMILES string of the molecule is CO[C@H](c1ccc(C2=NO[C@H](CO)C2)cc1)[C@@H](CF)N=[N+]=[N-]. The maximum absolute atomic E-state index is 13.0. The molecule has 1 aromatic carbocycles. The van der Waals surface area contributed by atoms with E-state index in [0.29, 0.717) is 12.0 Å². The van der Waals surface area contributed by atoms with Crippen LogP contribution in [0, 0.1) is 0 Å². The van der Waals surface area contributed by atoms with Crippen LogP contribution in [0.4, 0.5) is 4.39 Å². The van der Waals surface area contributed by atoms with Crippen LogP contribution in [0.15, 0.2) is 34.5 Å². The second kappa shape index (κ2) is 7.74. The second-order valence-corrected chi connectivity index (χ2v) is 4.86. The molecule has 0 unspecified atom stereocenters. The Labute approximate surface area is 127 Å². The molecule has 0 spiro atoms. The summed E-state index contributed by atoms with van der Waals surface area (Å²) in [5.41, 5.74) is 10.8. The lowest BCUT2D eigenvalue weighted by Crippen LogP contribution is -2.20. The average Bonchev–Trinajstić information content (AvgIpc) is 3.04. The van der Waals surface area contributed by atoms with Crippen molar-refractivity contribution in [3.05, 3.63) is 45.8 Å². The maximum Gasteiger partial charge on any atom is 0.156 e. The van der Waals surface area contributed by atoms with E-state index in [0.717, 1.165) is 11.3 Å². The lowest BCUT2D eigenvalue weighted by Gasteiger charge is -2.20. The number of benzene rings is 1. The number of oxime groups is 1. The molecular weight excluding hydrogens is 291 g/mol. The van der Waals surface area contributed by atoms with Crippen molar-refractivity contribution in [1.82, 2.24) is 0 Å². The van der Waals surface area contributed by atoms with Gasteiger partial charge in [0.15, 0.2) is 6.10 Å².